The van der Waals surface area contributed by atoms with Gasteiger partial charge in [-0.25, -0.2) is 4.39 Å². The highest BCUT2D eigenvalue weighted by molar-refractivity contribution is 5.95. The average Bonchev–Trinajstić information content (AvgIpc) is 3.24. The number of amides is 2. The zero-order valence-electron chi connectivity index (χ0n) is 17.4. The zero-order chi connectivity index (χ0) is 21.8. The number of benzene rings is 3. The Hall–Kier alpha value is -3.47. The van der Waals surface area contributed by atoms with Crippen LogP contribution in [0.2, 0.25) is 0 Å². The summed E-state index contributed by atoms with van der Waals surface area (Å²) in [5.41, 5.74) is 3.41. The molecule has 0 unspecified atom stereocenters. The molecule has 0 aromatic heterocycles. The highest BCUT2D eigenvalue weighted by atomic mass is 19.1. The van der Waals surface area contributed by atoms with Gasteiger partial charge in [-0.05, 0) is 42.3 Å². The standard InChI is InChI=1S/C26H25FN2O2/c1-18-10-12-20(13-11-18)26(31)29-16-23(21-8-5-9-22(27)14-21)24(17-29)25(30)28-15-19-6-3-2-4-7-19/h2-14,23-24H,15-17H2,1H3,(H,28,30)/t23-,24+/m1/s1. The molecule has 31 heavy (non-hydrogen) atoms. The van der Waals surface area contributed by atoms with Gasteiger partial charge >= 0.3 is 0 Å². The zero-order valence-corrected chi connectivity index (χ0v) is 17.4. The Morgan fingerprint density at radius 3 is 2.42 bits per heavy atom. The minimum atomic E-state index is -0.445. The molecule has 0 saturated carbocycles. The van der Waals surface area contributed by atoms with Gasteiger partial charge in [0.25, 0.3) is 5.91 Å². The smallest absolute Gasteiger partial charge is 0.253 e. The molecule has 158 valence electrons. The molecule has 1 aliphatic rings. The van der Waals surface area contributed by atoms with Crippen LogP contribution in [-0.4, -0.2) is 29.8 Å². The van der Waals surface area contributed by atoms with Crippen molar-refractivity contribution in [1.82, 2.24) is 10.2 Å². The summed E-state index contributed by atoms with van der Waals surface area (Å²) in [6.45, 7) is 3.06. The van der Waals surface area contributed by atoms with Crippen LogP contribution in [0.4, 0.5) is 4.39 Å². The molecule has 1 N–H and O–H groups in total. The maximum Gasteiger partial charge on any atom is 0.253 e. The molecule has 4 rings (SSSR count). The summed E-state index contributed by atoms with van der Waals surface area (Å²) in [5, 5.41) is 2.99. The number of rotatable bonds is 5. The first-order valence-corrected chi connectivity index (χ1v) is 10.4. The van der Waals surface area contributed by atoms with Crippen molar-refractivity contribution in [1.29, 1.82) is 0 Å². The molecule has 0 radical (unpaired) electrons. The second kappa shape index (κ2) is 9.13. The Morgan fingerprint density at radius 1 is 0.968 bits per heavy atom. The van der Waals surface area contributed by atoms with Crippen molar-refractivity contribution >= 4 is 11.8 Å². The fraction of sp³-hybridized carbons (Fsp3) is 0.231. The van der Waals surface area contributed by atoms with Gasteiger partial charge < -0.3 is 10.2 Å². The maximum atomic E-state index is 13.9. The maximum absolute atomic E-state index is 13.9. The summed E-state index contributed by atoms with van der Waals surface area (Å²) >= 11 is 0. The largest absolute Gasteiger partial charge is 0.352 e. The summed E-state index contributed by atoms with van der Waals surface area (Å²) < 4.78 is 13.9. The van der Waals surface area contributed by atoms with Crippen molar-refractivity contribution < 1.29 is 14.0 Å². The van der Waals surface area contributed by atoms with Crippen molar-refractivity contribution in [2.45, 2.75) is 19.4 Å². The number of nitrogens with zero attached hydrogens (tertiary/aromatic N) is 1. The molecule has 4 nitrogen and oxygen atoms in total. The van der Waals surface area contributed by atoms with Crippen LogP contribution in [0.3, 0.4) is 0 Å². The van der Waals surface area contributed by atoms with Crippen LogP contribution < -0.4 is 5.32 Å². The lowest BCUT2D eigenvalue weighted by Gasteiger charge is -2.18. The lowest BCUT2D eigenvalue weighted by Crippen LogP contribution is -2.35. The Balaban J connectivity index is 1.55. The highest BCUT2D eigenvalue weighted by Gasteiger charge is 2.40. The molecule has 1 fully saturated rings. The minimum Gasteiger partial charge on any atom is -0.352 e. The lowest BCUT2D eigenvalue weighted by molar-refractivity contribution is -0.125. The third kappa shape index (κ3) is 4.82. The molecular weight excluding hydrogens is 391 g/mol. The number of aryl methyl sites for hydroxylation is 1. The van der Waals surface area contributed by atoms with E-state index in [-0.39, 0.29) is 23.5 Å². The number of nitrogens with one attached hydrogen (secondary N) is 1. The van der Waals surface area contributed by atoms with Gasteiger partial charge in [0.15, 0.2) is 0 Å². The van der Waals surface area contributed by atoms with Gasteiger partial charge in [-0.1, -0.05) is 60.2 Å². The van der Waals surface area contributed by atoms with Gasteiger partial charge in [0.05, 0.1) is 5.92 Å². The molecule has 1 heterocycles. The number of hydrogen-bond acceptors (Lipinski definition) is 2. The predicted octanol–water partition coefficient (Wildman–Crippen LogP) is 4.31. The van der Waals surface area contributed by atoms with Crippen LogP contribution in [-0.2, 0) is 11.3 Å². The van der Waals surface area contributed by atoms with Gasteiger partial charge in [-0.3, -0.25) is 9.59 Å². The van der Waals surface area contributed by atoms with Crippen LogP contribution in [0.1, 0.15) is 33.0 Å². The number of carbonyl (C=O) groups is 2. The quantitative estimate of drug-likeness (QED) is 0.674. The lowest BCUT2D eigenvalue weighted by atomic mass is 9.88. The Morgan fingerprint density at radius 2 is 1.71 bits per heavy atom. The van der Waals surface area contributed by atoms with E-state index < -0.39 is 5.92 Å². The van der Waals surface area contributed by atoms with Crippen LogP contribution in [0.25, 0.3) is 0 Å². The van der Waals surface area contributed by atoms with Crippen LogP contribution in [0, 0.1) is 18.7 Å². The molecule has 1 aliphatic heterocycles. The molecule has 2 atom stereocenters. The van der Waals surface area contributed by atoms with Gasteiger partial charge in [-0.2, -0.15) is 0 Å². The summed E-state index contributed by atoms with van der Waals surface area (Å²) in [5.74, 6) is -1.29. The van der Waals surface area contributed by atoms with E-state index in [2.05, 4.69) is 5.32 Å². The fourth-order valence-corrected chi connectivity index (χ4v) is 4.11. The first-order valence-electron chi connectivity index (χ1n) is 10.4. The number of halogens is 1. The molecule has 5 heteroatoms. The molecule has 0 spiro atoms. The summed E-state index contributed by atoms with van der Waals surface area (Å²) in [6, 6.07) is 23.4. The molecule has 0 bridgehead atoms. The van der Waals surface area contributed by atoms with Crippen molar-refractivity contribution in [3.05, 3.63) is 107 Å². The second-order valence-electron chi connectivity index (χ2n) is 8.05. The van der Waals surface area contributed by atoms with Crippen LogP contribution >= 0.6 is 0 Å². The normalized spacial score (nSPS) is 18.1. The van der Waals surface area contributed by atoms with E-state index in [1.165, 1.54) is 12.1 Å². The molecule has 1 saturated heterocycles. The Bertz CT molecular complexity index is 1070. The number of carbonyl (C=O) groups excluding carboxylic acids is 2. The van der Waals surface area contributed by atoms with Gasteiger partial charge in [0, 0.05) is 31.1 Å². The van der Waals surface area contributed by atoms with E-state index in [0.29, 0.717) is 25.2 Å². The van der Waals surface area contributed by atoms with E-state index >= 15 is 0 Å². The van der Waals surface area contributed by atoms with E-state index in [9.17, 15) is 14.0 Å². The number of likely N-dealkylation sites (tertiary alicyclic amines) is 1. The molecular formula is C26H25FN2O2. The highest BCUT2D eigenvalue weighted by Crippen LogP contribution is 2.34. The Labute approximate surface area is 181 Å². The van der Waals surface area contributed by atoms with Gasteiger partial charge in [-0.15, -0.1) is 0 Å². The van der Waals surface area contributed by atoms with E-state index in [0.717, 1.165) is 16.7 Å². The SMILES string of the molecule is Cc1ccc(C(=O)N2C[C@H](C(=O)NCc3ccccc3)[C@@H](c3cccc(F)c3)C2)cc1. The third-order valence-electron chi connectivity index (χ3n) is 5.83. The first-order chi connectivity index (χ1) is 15.0. The fourth-order valence-electron chi connectivity index (χ4n) is 4.11. The molecule has 0 aliphatic carbocycles. The summed E-state index contributed by atoms with van der Waals surface area (Å²) in [6.07, 6.45) is 0. The van der Waals surface area contributed by atoms with Crippen LogP contribution in [0.15, 0.2) is 78.9 Å². The number of hydrogen-bond donors (Lipinski definition) is 1. The molecule has 2 amide bonds. The topological polar surface area (TPSA) is 49.4 Å². The van der Waals surface area contributed by atoms with Crippen molar-refractivity contribution in [2.24, 2.45) is 5.92 Å². The van der Waals surface area contributed by atoms with Gasteiger partial charge in [0.1, 0.15) is 5.82 Å². The minimum absolute atomic E-state index is 0.111. The summed E-state index contributed by atoms with van der Waals surface area (Å²) in [7, 11) is 0. The van der Waals surface area contributed by atoms with Crippen molar-refractivity contribution in [3.8, 4) is 0 Å². The third-order valence-corrected chi connectivity index (χ3v) is 5.83. The summed E-state index contributed by atoms with van der Waals surface area (Å²) in [4.78, 5) is 27.9. The molecule has 3 aromatic carbocycles. The van der Waals surface area contributed by atoms with Gasteiger partial charge in [0.2, 0.25) is 5.91 Å². The monoisotopic (exact) mass is 416 g/mol. The van der Waals surface area contributed by atoms with E-state index in [1.54, 1.807) is 23.1 Å². The van der Waals surface area contributed by atoms with Crippen molar-refractivity contribution in [3.63, 3.8) is 0 Å². The average molecular weight is 416 g/mol. The Kier molecular flexibility index (Phi) is 6.12. The second-order valence-corrected chi connectivity index (χ2v) is 8.05. The molecule has 3 aromatic rings. The first kappa shape index (κ1) is 20.8. The van der Waals surface area contributed by atoms with E-state index in [1.807, 2.05) is 55.5 Å². The van der Waals surface area contributed by atoms with E-state index in [4.69, 9.17) is 0 Å². The predicted molar refractivity (Wildman–Crippen MR) is 118 cm³/mol. The van der Waals surface area contributed by atoms with Crippen molar-refractivity contribution in [2.75, 3.05) is 13.1 Å². The van der Waals surface area contributed by atoms with Crippen LogP contribution in [0.5, 0.6) is 0 Å².